The molecule has 0 spiro atoms. The van der Waals surface area contributed by atoms with E-state index in [2.05, 4.69) is 0 Å². The van der Waals surface area contributed by atoms with Crippen molar-refractivity contribution in [1.82, 2.24) is 0 Å². The maximum atomic E-state index is 0. The molecule has 0 aliphatic rings. The second kappa shape index (κ2) is 295. The predicted octanol–water partition coefficient (Wildman–Crippen LogP) is -4.13. The minimum Gasteiger partial charge on any atom is -0.412 e. The summed E-state index contributed by atoms with van der Waals surface area (Å²) in [7, 11) is 0. The fourth-order valence-corrected chi connectivity index (χ4v) is 0. The third-order valence-electron chi connectivity index (χ3n) is 0. The SMILES string of the molecule is O.O.O.O.O.[Mn].[V]. The molecule has 0 bridgehead atoms. The zero-order valence-corrected chi connectivity index (χ0v) is 5.90. The van der Waals surface area contributed by atoms with E-state index in [9.17, 15) is 0 Å². The van der Waals surface area contributed by atoms with Crippen LogP contribution >= 0.6 is 0 Å². The van der Waals surface area contributed by atoms with Gasteiger partial charge in [0.05, 0.1) is 0 Å². The summed E-state index contributed by atoms with van der Waals surface area (Å²) in [5.41, 5.74) is 0. The Morgan fingerprint density at radius 1 is 0.429 bits per heavy atom. The van der Waals surface area contributed by atoms with E-state index in [1.165, 1.54) is 0 Å². The molecule has 0 aliphatic heterocycles. The summed E-state index contributed by atoms with van der Waals surface area (Å²) < 4.78 is 0. The van der Waals surface area contributed by atoms with E-state index in [1.54, 1.807) is 0 Å². The summed E-state index contributed by atoms with van der Waals surface area (Å²) in [6, 6.07) is 0. The van der Waals surface area contributed by atoms with Gasteiger partial charge in [-0.15, -0.1) is 0 Å². The molecule has 0 aromatic heterocycles. The maximum absolute atomic E-state index is 0. The van der Waals surface area contributed by atoms with Crippen LogP contribution in [0, 0.1) is 0 Å². The second-order valence-electron chi connectivity index (χ2n) is 0. The maximum Gasteiger partial charge on any atom is 0 e. The van der Waals surface area contributed by atoms with Crippen LogP contribution < -0.4 is 0 Å². The van der Waals surface area contributed by atoms with Gasteiger partial charge in [-0.1, -0.05) is 0 Å². The van der Waals surface area contributed by atoms with E-state index in [0.717, 1.165) is 0 Å². The van der Waals surface area contributed by atoms with Crippen molar-refractivity contribution in [2.24, 2.45) is 0 Å². The van der Waals surface area contributed by atoms with Gasteiger partial charge in [-0.25, -0.2) is 0 Å². The summed E-state index contributed by atoms with van der Waals surface area (Å²) in [5, 5.41) is 0. The molecule has 0 saturated heterocycles. The zero-order chi connectivity index (χ0) is 0. The molecule has 0 aliphatic carbocycles. The average Bonchev–Trinajstić information content (AvgIpc) is 0. The largest absolute Gasteiger partial charge is 0.412 e. The van der Waals surface area contributed by atoms with Crippen LogP contribution in [0.3, 0.4) is 0 Å². The van der Waals surface area contributed by atoms with Gasteiger partial charge in [0.2, 0.25) is 0 Å². The van der Waals surface area contributed by atoms with Gasteiger partial charge in [0.25, 0.3) is 0 Å². The van der Waals surface area contributed by atoms with Gasteiger partial charge in [-0.2, -0.15) is 0 Å². The monoisotopic (exact) mass is 196 g/mol. The normalized spacial score (nSPS) is 0. The van der Waals surface area contributed by atoms with E-state index < -0.39 is 0 Å². The molecule has 0 amide bonds. The molecular weight excluding hydrogens is 186 g/mol. The van der Waals surface area contributed by atoms with Gasteiger partial charge < -0.3 is 27.4 Å². The third-order valence-corrected chi connectivity index (χ3v) is 0. The van der Waals surface area contributed by atoms with Crippen molar-refractivity contribution in [2.45, 2.75) is 0 Å². The average molecular weight is 196 g/mol. The van der Waals surface area contributed by atoms with E-state index in [0.29, 0.717) is 0 Å². The van der Waals surface area contributed by atoms with E-state index >= 15 is 0 Å². The van der Waals surface area contributed by atoms with Crippen LogP contribution in [-0.2, 0) is 35.6 Å². The molecule has 0 heterocycles. The summed E-state index contributed by atoms with van der Waals surface area (Å²) >= 11 is 0. The molecule has 0 rings (SSSR count). The first-order valence-corrected chi connectivity index (χ1v) is 0. The summed E-state index contributed by atoms with van der Waals surface area (Å²) in [5.74, 6) is 0. The summed E-state index contributed by atoms with van der Waals surface area (Å²) in [6.07, 6.45) is 0. The van der Waals surface area contributed by atoms with Crippen molar-refractivity contribution in [3.05, 3.63) is 0 Å². The Bertz CT molecular complexity index is 8.04. The molecule has 2 radical (unpaired) electrons. The molecule has 10 N–H and O–H groups in total. The fourth-order valence-electron chi connectivity index (χ4n) is 0. The van der Waals surface area contributed by atoms with Crippen molar-refractivity contribution in [1.29, 1.82) is 0 Å². The number of hydrogen-bond acceptors (Lipinski definition) is 0. The molecule has 0 aromatic carbocycles. The van der Waals surface area contributed by atoms with Crippen LogP contribution in [0.5, 0.6) is 0 Å². The van der Waals surface area contributed by atoms with Gasteiger partial charge >= 0.3 is 0 Å². The fraction of sp³-hybridized carbons (Fsp3) is 0. The quantitative estimate of drug-likeness (QED) is 0.344. The van der Waals surface area contributed by atoms with Crippen molar-refractivity contribution < 1.29 is 63.0 Å². The number of hydrogen-bond donors (Lipinski definition) is 0. The first kappa shape index (κ1) is 461. The summed E-state index contributed by atoms with van der Waals surface area (Å²) in [4.78, 5) is 0. The van der Waals surface area contributed by atoms with Gasteiger partial charge in [0, 0.05) is 35.6 Å². The summed E-state index contributed by atoms with van der Waals surface area (Å²) in [6.45, 7) is 0. The van der Waals surface area contributed by atoms with Gasteiger partial charge in [-0.05, 0) is 0 Å². The van der Waals surface area contributed by atoms with Crippen molar-refractivity contribution in [3.8, 4) is 0 Å². The zero-order valence-electron chi connectivity index (χ0n) is 3.33. The smallest absolute Gasteiger partial charge is 0 e. The Balaban J connectivity index is 0. The molecule has 0 aromatic rings. The van der Waals surface area contributed by atoms with E-state index in [-0.39, 0.29) is 63.0 Å². The molecule has 0 fully saturated rings. The van der Waals surface area contributed by atoms with Crippen LogP contribution in [0.15, 0.2) is 0 Å². The van der Waals surface area contributed by atoms with E-state index in [4.69, 9.17) is 0 Å². The molecule has 7 heavy (non-hydrogen) atoms. The Kier molecular flexibility index (Phi) is 19400. The molecule has 52 valence electrons. The molecule has 7 heteroatoms. The molecule has 0 atom stereocenters. The van der Waals surface area contributed by atoms with Crippen molar-refractivity contribution in [3.63, 3.8) is 0 Å². The standard InChI is InChI=1S/Mn.5H2O.V/h;5*1H2;. The Labute approximate surface area is 63.4 Å². The molecular formula is H10MnO5V. The van der Waals surface area contributed by atoms with Crippen LogP contribution in [-0.4, -0.2) is 27.4 Å². The molecule has 5 nitrogen and oxygen atoms in total. The van der Waals surface area contributed by atoms with Crippen molar-refractivity contribution >= 4 is 0 Å². The third kappa shape index (κ3) is 203. The van der Waals surface area contributed by atoms with Gasteiger partial charge in [0.15, 0.2) is 0 Å². The first-order chi connectivity index (χ1) is 0. The van der Waals surface area contributed by atoms with Crippen molar-refractivity contribution in [2.75, 3.05) is 0 Å². The van der Waals surface area contributed by atoms with Crippen LogP contribution in [0.4, 0.5) is 0 Å². The second-order valence-corrected chi connectivity index (χ2v) is 0. The Morgan fingerprint density at radius 3 is 0.429 bits per heavy atom. The Hall–Kier alpha value is 0.904. The van der Waals surface area contributed by atoms with E-state index in [1.807, 2.05) is 0 Å². The van der Waals surface area contributed by atoms with Gasteiger partial charge in [-0.3, -0.25) is 0 Å². The first-order valence-electron chi connectivity index (χ1n) is 0. The Morgan fingerprint density at radius 2 is 0.429 bits per heavy atom. The molecule has 0 unspecified atom stereocenters. The minimum absolute atomic E-state index is 0. The number of rotatable bonds is 0. The topological polar surface area (TPSA) is 158 Å². The van der Waals surface area contributed by atoms with Gasteiger partial charge in [0.1, 0.15) is 0 Å². The predicted molar refractivity (Wildman–Crippen MR) is 18.1 cm³/mol. The molecule has 0 saturated carbocycles. The van der Waals surface area contributed by atoms with Crippen LogP contribution in [0.2, 0.25) is 0 Å². The van der Waals surface area contributed by atoms with Crippen LogP contribution in [0.1, 0.15) is 0 Å². The minimum atomic E-state index is 0. The van der Waals surface area contributed by atoms with Crippen LogP contribution in [0.25, 0.3) is 0 Å².